The Balaban J connectivity index is 1.55. The highest BCUT2D eigenvalue weighted by atomic mass is 15.1. The van der Waals surface area contributed by atoms with E-state index >= 15 is 0 Å². The Morgan fingerprint density at radius 1 is 1.16 bits per heavy atom. The molecule has 0 radical (unpaired) electrons. The summed E-state index contributed by atoms with van der Waals surface area (Å²) in [6, 6.07) is 10.6. The second-order valence-corrected chi connectivity index (χ2v) is 7.22. The molecule has 2 aliphatic rings. The Morgan fingerprint density at radius 3 is 2.84 bits per heavy atom. The van der Waals surface area contributed by atoms with Gasteiger partial charge in [0.1, 0.15) is 5.82 Å². The molecule has 1 aliphatic heterocycles. The van der Waals surface area contributed by atoms with Crippen LogP contribution in [0.4, 0.5) is 11.8 Å². The highest BCUT2D eigenvalue weighted by molar-refractivity contribution is 5.53. The molecule has 1 aromatic heterocycles. The zero-order valence-corrected chi connectivity index (χ0v) is 14.7. The number of benzene rings is 1. The molecule has 0 spiro atoms. The van der Waals surface area contributed by atoms with Crippen molar-refractivity contribution >= 4 is 11.8 Å². The van der Waals surface area contributed by atoms with Crippen molar-refractivity contribution in [2.45, 2.75) is 38.0 Å². The average molecular weight is 337 g/mol. The molecular formula is C20H27N5. The fourth-order valence-electron chi connectivity index (χ4n) is 4.19. The van der Waals surface area contributed by atoms with E-state index in [4.69, 9.17) is 5.73 Å². The van der Waals surface area contributed by atoms with E-state index in [0.29, 0.717) is 11.9 Å². The molecule has 5 heteroatoms. The first kappa shape index (κ1) is 16.3. The fraction of sp³-hybridized carbons (Fsp3) is 0.500. The lowest BCUT2D eigenvalue weighted by Crippen LogP contribution is -2.20. The van der Waals surface area contributed by atoms with Crippen molar-refractivity contribution in [1.29, 1.82) is 0 Å². The molecule has 25 heavy (non-hydrogen) atoms. The molecule has 4 N–H and O–H groups in total. The monoisotopic (exact) mass is 337 g/mol. The van der Waals surface area contributed by atoms with E-state index in [1.165, 1.54) is 30.4 Å². The van der Waals surface area contributed by atoms with Gasteiger partial charge in [-0.3, -0.25) is 0 Å². The van der Waals surface area contributed by atoms with Crippen LogP contribution in [0.15, 0.2) is 30.3 Å². The largest absolute Gasteiger partial charge is 0.370 e. The van der Waals surface area contributed by atoms with Crippen LogP contribution in [0.5, 0.6) is 0 Å². The summed E-state index contributed by atoms with van der Waals surface area (Å²) >= 11 is 0. The number of nitrogens with one attached hydrogen (secondary N) is 2. The lowest BCUT2D eigenvalue weighted by atomic mass is 9.82. The van der Waals surface area contributed by atoms with Crippen molar-refractivity contribution in [3.05, 3.63) is 47.2 Å². The van der Waals surface area contributed by atoms with Gasteiger partial charge in [0.2, 0.25) is 5.95 Å². The van der Waals surface area contributed by atoms with Gasteiger partial charge < -0.3 is 16.4 Å². The number of nitrogens with zero attached hydrogens (tertiary/aromatic N) is 2. The lowest BCUT2D eigenvalue weighted by Gasteiger charge is -2.27. The SMILES string of the molecule is Nc1nc(NCCC2CCNC2)c2c(n1)C(c1ccccc1)CCC2. The first-order valence-corrected chi connectivity index (χ1v) is 9.47. The number of anilines is 2. The van der Waals surface area contributed by atoms with Crippen molar-refractivity contribution < 1.29 is 0 Å². The molecule has 2 heterocycles. The van der Waals surface area contributed by atoms with Crippen LogP contribution >= 0.6 is 0 Å². The maximum absolute atomic E-state index is 6.04. The Morgan fingerprint density at radius 2 is 2.04 bits per heavy atom. The van der Waals surface area contributed by atoms with Crippen LogP contribution in [0.3, 0.4) is 0 Å². The molecule has 2 atom stereocenters. The van der Waals surface area contributed by atoms with E-state index in [1.54, 1.807) is 0 Å². The number of nitrogen functional groups attached to an aromatic ring is 1. The highest BCUT2D eigenvalue weighted by Gasteiger charge is 2.26. The summed E-state index contributed by atoms with van der Waals surface area (Å²) in [7, 11) is 0. The van der Waals surface area contributed by atoms with Gasteiger partial charge in [-0.15, -0.1) is 0 Å². The minimum absolute atomic E-state index is 0.329. The first-order chi connectivity index (χ1) is 12.3. The maximum Gasteiger partial charge on any atom is 0.222 e. The number of aromatic nitrogens is 2. The summed E-state index contributed by atoms with van der Waals surface area (Å²) in [6.07, 6.45) is 5.78. The molecule has 132 valence electrons. The van der Waals surface area contributed by atoms with Gasteiger partial charge in [0.15, 0.2) is 0 Å². The summed E-state index contributed by atoms with van der Waals surface area (Å²) in [5, 5.41) is 6.98. The fourth-order valence-corrected chi connectivity index (χ4v) is 4.19. The Hall–Kier alpha value is -2.14. The van der Waals surface area contributed by atoms with Crippen LogP contribution in [0.2, 0.25) is 0 Å². The molecule has 1 fully saturated rings. The zero-order valence-electron chi connectivity index (χ0n) is 14.7. The van der Waals surface area contributed by atoms with Gasteiger partial charge in [-0.2, -0.15) is 4.98 Å². The van der Waals surface area contributed by atoms with E-state index in [1.807, 2.05) is 0 Å². The van der Waals surface area contributed by atoms with Crippen LogP contribution in [0.1, 0.15) is 48.4 Å². The summed E-state index contributed by atoms with van der Waals surface area (Å²) in [6.45, 7) is 3.24. The third-order valence-electron chi connectivity index (χ3n) is 5.52. The second kappa shape index (κ2) is 7.40. The molecule has 5 nitrogen and oxygen atoms in total. The standard InChI is InChI=1S/C20H27N5/c21-20-24-18-16(15-5-2-1-3-6-15)7-4-8-17(18)19(25-20)23-12-10-14-9-11-22-13-14/h1-3,5-6,14,16,22H,4,7-13H2,(H3,21,23,24,25). The zero-order chi connectivity index (χ0) is 17.1. The summed E-state index contributed by atoms with van der Waals surface area (Å²) in [4.78, 5) is 9.15. The van der Waals surface area contributed by atoms with E-state index in [0.717, 1.165) is 49.9 Å². The minimum Gasteiger partial charge on any atom is -0.370 e. The molecule has 4 rings (SSSR count). The quantitative estimate of drug-likeness (QED) is 0.782. The van der Waals surface area contributed by atoms with Crippen molar-refractivity contribution in [2.75, 3.05) is 30.7 Å². The Kier molecular flexibility index (Phi) is 4.83. The van der Waals surface area contributed by atoms with E-state index in [-0.39, 0.29) is 0 Å². The third-order valence-corrected chi connectivity index (χ3v) is 5.52. The highest BCUT2D eigenvalue weighted by Crippen LogP contribution is 2.38. The molecule has 1 saturated heterocycles. The third kappa shape index (κ3) is 3.61. The number of fused-ring (bicyclic) bond motifs is 1. The van der Waals surface area contributed by atoms with Gasteiger partial charge in [-0.1, -0.05) is 30.3 Å². The van der Waals surface area contributed by atoms with Crippen molar-refractivity contribution in [1.82, 2.24) is 15.3 Å². The predicted octanol–water partition coefficient (Wildman–Crippen LogP) is 2.94. The minimum atomic E-state index is 0.329. The number of hydrogen-bond donors (Lipinski definition) is 3. The van der Waals surface area contributed by atoms with Gasteiger partial charge in [0.25, 0.3) is 0 Å². The van der Waals surface area contributed by atoms with Gasteiger partial charge in [-0.25, -0.2) is 4.98 Å². The predicted molar refractivity (Wildman–Crippen MR) is 102 cm³/mol. The summed E-state index contributed by atoms with van der Waals surface area (Å²) in [5.41, 5.74) is 9.75. The molecule has 1 aromatic carbocycles. The van der Waals surface area contributed by atoms with E-state index < -0.39 is 0 Å². The van der Waals surface area contributed by atoms with Gasteiger partial charge >= 0.3 is 0 Å². The lowest BCUT2D eigenvalue weighted by molar-refractivity contribution is 0.547. The molecule has 1 aliphatic carbocycles. The van der Waals surface area contributed by atoms with E-state index in [9.17, 15) is 0 Å². The Bertz CT molecular complexity index is 710. The topological polar surface area (TPSA) is 75.9 Å². The normalized spacial score (nSPS) is 22.6. The van der Waals surface area contributed by atoms with Crippen LogP contribution in [-0.2, 0) is 6.42 Å². The first-order valence-electron chi connectivity index (χ1n) is 9.47. The second-order valence-electron chi connectivity index (χ2n) is 7.22. The average Bonchev–Trinajstić information content (AvgIpc) is 3.15. The smallest absolute Gasteiger partial charge is 0.222 e. The number of rotatable bonds is 5. The molecular weight excluding hydrogens is 310 g/mol. The maximum atomic E-state index is 6.04. The van der Waals surface area contributed by atoms with Crippen LogP contribution in [-0.4, -0.2) is 29.6 Å². The van der Waals surface area contributed by atoms with E-state index in [2.05, 4.69) is 50.9 Å². The van der Waals surface area contributed by atoms with Crippen LogP contribution in [0.25, 0.3) is 0 Å². The molecule has 2 aromatic rings. The van der Waals surface area contributed by atoms with Crippen LogP contribution in [0, 0.1) is 5.92 Å². The summed E-state index contributed by atoms with van der Waals surface area (Å²) in [5.74, 6) is 2.44. The van der Waals surface area contributed by atoms with Gasteiger partial charge in [0, 0.05) is 18.0 Å². The number of hydrogen-bond acceptors (Lipinski definition) is 5. The molecule has 2 unspecified atom stereocenters. The van der Waals surface area contributed by atoms with Crippen LogP contribution < -0.4 is 16.4 Å². The summed E-state index contributed by atoms with van der Waals surface area (Å²) < 4.78 is 0. The number of nitrogens with two attached hydrogens (primary N) is 1. The Labute approximate surface area is 149 Å². The van der Waals surface area contributed by atoms with Gasteiger partial charge in [0.05, 0.1) is 5.69 Å². The molecule has 0 bridgehead atoms. The van der Waals surface area contributed by atoms with Gasteiger partial charge in [-0.05, 0) is 56.7 Å². The molecule has 0 saturated carbocycles. The molecule has 0 amide bonds. The van der Waals surface area contributed by atoms with Crippen molar-refractivity contribution in [3.63, 3.8) is 0 Å². The van der Waals surface area contributed by atoms with Crippen molar-refractivity contribution in [2.24, 2.45) is 5.92 Å². The van der Waals surface area contributed by atoms with Crippen molar-refractivity contribution in [3.8, 4) is 0 Å².